The molecule has 3 aromatic rings. The fraction of sp³-hybridized carbons (Fsp3) is 0.333. The molecule has 2 N–H and O–H groups in total. The number of aromatic amines is 1. The Labute approximate surface area is 180 Å². The predicted molar refractivity (Wildman–Crippen MR) is 112 cm³/mol. The number of carbonyl (C=O) groups excluding carboxylic acids is 1. The average molecular weight is 450 g/mol. The van der Waals surface area contributed by atoms with Gasteiger partial charge >= 0.3 is 11.9 Å². The van der Waals surface area contributed by atoms with E-state index in [-0.39, 0.29) is 34.6 Å². The molecule has 0 aliphatic heterocycles. The normalized spacial score (nSPS) is 11.5. The number of carbonyl (C=O) groups is 1. The van der Waals surface area contributed by atoms with Crippen LogP contribution in [0.15, 0.2) is 40.1 Å². The van der Waals surface area contributed by atoms with Gasteiger partial charge in [-0.25, -0.2) is 9.78 Å². The molecule has 2 aromatic heterocycles. The molecule has 2 heterocycles. The van der Waals surface area contributed by atoms with Crippen molar-refractivity contribution in [3.8, 4) is 5.75 Å². The van der Waals surface area contributed by atoms with Crippen molar-refractivity contribution in [3.63, 3.8) is 0 Å². The summed E-state index contributed by atoms with van der Waals surface area (Å²) in [6, 6.07) is 4.02. The number of hydrogen-bond donors (Lipinski definition) is 2. The van der Waals surface area contributed by atoms with Crippen LogP contribution in [0.2, 0.25) is 0 Å². The van der Waals surface area contributed by atoms with E-state index in [1.165, 1.54) is 10.6 Å². The maximum Gasteiger partial charge on any atom is 0.416 e. The minimum Gasteiger partial charge on any atom is -0.491 e. The molecule has 32 heavy (non-hydrogen) atoms. The van der Waals surface area contributed by atoms with Gasteiger partial charge in [0.25, 0.3) is 11.5 Å². The molecule has 170 valence electrons. The quantitative estimate of drug-likeness (QED) is 0.573. The summed E-state index contributed by atoms with van der Waals surface area (Å²) in [5.74, 6) is -0.704. The number of ether oxygens (including phenoxy) is 1. The highest BCUT2D eigenvalue weighted by Crippen LogP contribution is 2.35. The second-order valence-corrected chi connectivity index (χ2v) is 7.02. The highest BCUT2D eigenvalue weighted by atomic mass is 19.4. The number of nitrogens with zero attached hydrogens (tertiary/aromatic N) is 2. The summed E-state index contributed by atoms with van der Waals surface area (Å²) in [4.78, 5) is 43.3. The van der Waals surface area contributed by atoms with Crippen LogP contribution >= 0.6 is 0 Å². The lowest BCUT2D eigenvalue weighted by molar-refractivity contribution is -0.137. The maximum absolute atomic E-state index is 13.1. The number of alkyl halides is 3. The van der Waals surface area contributed by atoms with Gasteiger partial charge in [0.2, 0.25) is 0 Å². The number of halogens is 3. The van der Waals surface area contributed by atoms with Crippen LogP contribution in [0.5, 0.6) is 5.75 Å². The topological polar surface area (TPSA) is 106 Å². The van der Waals surface area contributed by atoms with Crippen LogP contribution < -0.4 is 21.3 Å². The van der Waals surface area contributed by atoms with Crippen LogP contribution in [0.1, 0.15) is 42.6 Å². The van der Waals surface area contributed by atoms with Gasteiger partial charge in [-0.1, -0.05) is 13.8 Å². The van der Waals surface area contributed by atoms with Crippen LogP contribution in [0, 0.1) is 0 Å². The lowest BCUT2D eigenvalue weighted by Crippen LogP contribution is -2.31. The molecule has 1 aromatic carbocycles. The first kappa shape index (κ1) is 23.0. The first-order valence-electron chi connectivity index (χ1n) is 9.94. The predicted octanol–water partition coefficient (Wildman–Crippen LogP) is 3.55. The second kappa shape index (κ2) is 9.25. The summed E-state index contributed by atoms with van der Waals surface area (Å²) >= 11 is 0. The van der Waals surface area contributed by atoms with Crippen LogP contribution in [0.4, 0.5) is 18.9 Å². The molecule has 3 rings (SSSR count). The number of pyridine rings is 1. The van der Waals surface area contributed by atoms with Crippen LogP contribution in [-0.2, 0) is 12.7 Å². The molecule has 0 atom stereocenters. The SMILES string of the molecule is CCCOc1ccc(C(F)(F)F)cc1NC(=O)c1cnc2c(c1)c(=O)[nH]c(=O)n2CCC. The Bertz CT molecular complexity index is 1260. The van der Waals surface area contributed by atoms with Gasteiger partial charge in [0.05, 0.1) is 28.8 Å². The molecular weight excluding hydrogens is 429 g/mol. The average Bonchev–Trinajstić information content (AvgIpc) is 2.74. The zero-order valence-corrected chi connectivity index (χ0v) is 17.4. The van der Waals surface area contributed by atoms with Crippen LogP contribution in [0.3, 0.4) is 0 Å². The third-order valence-corrected chi connectivity index (χ3v) is 4.56. The first-order valence-corrected chi connectivity index (χ1v) is 9.94. The van der Waals surface area contributed by atoms with Crippen molar-refractivity contribution in [2.24, 2.45) is 0 Å². The van der Waals surface area contributed by atoms with Crippen molar-refractivity contribution in [2.45, 2.75) is 39.4 Å². The van der Waals surface area contributed by atoms with E-state index in [1.807, 2.05) is 13.8 Å². The number of nitrogens with one attached hydrogen (secondary N) is 2. The molecule has 0 spiro atoms. The zero-order valence-electron chi connectivity index (χ0n) is 17.4. The third-order valence-electron chi connectivity index (χ3n) is 4.56. The minimum absolute atomic E-state index is 0.0113. The molecule has 0 saturated carbocycles. The van der Waals surface area contributed by atoms with Gasteiger partial charge in [-0.3, -0.25) is 19.1 Å². The number of fused-ring (bicyclic) bond motifs is 1. The number of H-pyrrole nitrogens is 1. The second-order valence-electron chi connectivity index (χ2n) is 7.02. The van der Waals surface area contributed by atoms with Gasteiger partial charge in [-0.05, 0) is 37.1 Å². The van der Waals surface area contributed by atoms with Crippen molar-refractivity contribution in [1.29, 1.82) is 0 Å². The number of aromatic nitrogens is 3. The third kappa shape index (κ3) is 4.82. The van der Waals surface area contributed by atoms with E-state index in [0.29, 0.717) is 19.4 Å². The number of aryl methyl sites for hydroxylation is 1. The van der Waals surface area contributed by atoms with E-state index in [4.69, 9.17) is 4.74 Å². The lowest BCUT2D eigenvalue weighted by atomic mass is 10.1. The van der Waals surface area contributed by atoms with Crippen molar-refractivity contribution >= 4 is 22.6 Å². The Hall–Kier alpha value is -3.63. The molecule has 0 aliphatic rings. The van der Waals surface area contributed by atoms with E-state index in [0.717, 1.165) is 24.4 Å². The number of hydrogen-bond acceptors (Lipinski definition) is 5. The molecule has 0 bridgehead atoms. The van der Waals surface area contributed by atoms with E-state index in [1.54, 1.807) is 0 Å². The standard InChI is InChI=1S/C21H21F3N4O4/c1-3-7-28-17-14(19(30)27-20(28)31)9-12(11-25-17)18(29)26-15-10-13(21(22,23)24)5-6-16(15)32-8-4-2/h5-6,9-11H,3-4,7-8H2,1-2H3,(H,26,29)(H,27,30,31). The Morgan fingerprint density at radius 2 is 1.94 bits per heavy atom. The molecular formula is C21H21F3N4O4. The summed E-state index contributed by atoms with van der Waals surface area (Å²) < 4.78 is 46.1. The summed E-state index contributed by atoms with van der Waals surface area (Å²) in [6.45, 7) is 4.24. The maximum atomic E-state index is 13.1. The van der Waals surface area contributed by atoms with E-state index in [9.17, 15) is 27.6 Å². The first-order chi connectivity index (χ1) is 15.2. The van der Waals surface area contributed by atoms with E-state index >= 15 is 0 Å². The van der Waals surface area contributed by atoms with E-state index < -0.39 is 28.9 Å². The monoisotopic (exact) mass is 450 g/mol. The van der Waals surface area contributed by atoms with Crippen LogP contribution in [-0.4, -0.2) is 27.0 Å². The van der Waals surface area contributed by atoms with Crippen molar-refractivity contribution in [2.75, 3.05) is 11.9 Å². The summed E-state index contributed by atoms with van der Waals surface area (Å²) in [5, 5.41) is 2.41. The highest BCUT2D eigenvalue weighted by Gasteiger charge is 2.31. The molecule has 8 nitrogen and oxygen atoms in total. The summed E-state index contributed by atoms with van der Waals surface area (Å²) in [7, 11) is 0. The molecule has 0 fully saturated rings. The Kier molecular flexibility index (Phi) is 6.66. The molecule has 0 aliphatic carbocycles. The number of amides is 1. The number of anilines is 1. The minimum atomic E-state index is -4.61. The fourth-order valence-electron chi connectivity index (χ4n) is 3.06. The zero-order chi connectivity index (χ0) is 23.5. The molecule has 0 radical (unpaired) electrons. The molecule has 11 heteroatoms. The van der Waals surface area contributed by atoms with Gasteiger partial charge < -0.3 is 10.1 Å². The Balaban J connectivity index is 2.01. The largest absolute Gasteiger partial charge is 0.491 e. The molecule has 1 amide bonds. The Morgan fingerprint density at radius 1 is 1.19 bits per heavy atom. The van der Waals surface area contributed by atoms with Gasteiger partial charge in [-0.2, -0.15) is 13.2 Å². The Morgan fingerprint density at radius 3 is 2.59 bits per heavy atom. The van der Waals surface area contributed by atoms with E-state index in [2.05, 4.69) is 15.3 Å². The smallest absolute Gasteiger partial charge is 0.416 e. The molecule has 0 saturated heterocycles. The summed E-state index contributed by atoms with van der Waals surface area (Å²) in [5.41, 5.74) is -2.40. The molecule has 0 unspecified atom stereocenters. The van der Waals surface area contributed by atoms with Gasteiger partial charge in [-0.15, -0.1) is 0 Å². The van der Waals surface area contributed by atoms with Gasteiger partial charge in [0.1, 0.15) is 11.4 Å². The van der Waals surface area contributed by atoms with Crippen LogP contribution in [0.25, 0.3) is 11.0 Å². The number of benzene rings is 1. The van der Waals surface area contributed by atoms with Gasteiger partial charge in [0.15, 0.2) is 0 Å². The van der Waals surface area contributed by atoms with Crippen molar-refractivity contribution < 1.29 is 22.7 Å². The summed E-state index contributed by atoms with van der Waals surface area (Å²) in [6.07, 6.45) is -2.22. The highest BCUT2D eigenvalue weighted by molar-refractivity contribution is 6.06. The fourth-order valence-corrected chi connectivity index (χ4v) is 3.06. The number of rotatable bonds is 7. The van der Waals surface area contributed by atoms with Crippen molar-refractivity contribution in [3.05, 3.63) is 62.4 Å². The lowest BCUT2D eigenvalue weighted by Gasteiger charge is -2.15. The van der Waals surface area contributed by atoms with Crippen molar-refractivity contribution in [1.82, 2.24) is 14.5 Å². The van der Waals surface area contributed by atoms with Gasteiger partial charge in [0, 0.05) is 12.7 Å².